The lowest BCUT2D eigenvalue weighted by molar-refractivity contribution is -0.142. The van der Waals surface area contributed by atoms with Gasteiger partial charge in [0.25, 0.3) is 0 Å². The highest BCUT2D eigenvalue weighted by Gasteiger charge is 2.25. The fraction of sp³-hybridized carbons (Fsp3) is 0.647. The molecule has 0 aromatic carbocycles. The number of amides is 1. The van der Waals surface area contributed by atoms with E-state index in [0.29, 0.717) is 13.0 Å². The van der Waals surface area contributed by atoms with Crippen LogP contribution < -0.4 is 0 Å². The van der Waals surface area contributed by atoms with Gasteiger partial charge in [0.05, 0.1) is 20.0 Å². The van der Waals surface area contributed by atoms with Crippen molar-refractivity contribution >= 4 is 23.2 Å². The largest absolute Gasteiger partial charge is 0.469 e. The maximum absolute atomic E-state index is 12.7. The van der Waals surface area contributed by atoms with Gasteiger partial charge in [0.1, 0.15) is 0 Å². The van der Waals surface area contributed by atoms with Crippen molar-refractivity contribution in [3.05, 3.63) is 22.4 Å². The predicted octanol–water partition coefficient (Wildman–Crippen LogP) is 3.41. The maximum atomic E-state index is 12.7. The van der Waals surface area contributed by atoms with Gasteiger partial charge in [0.2, 0.25) is 5.91 Å². The van der Waals surface area contributed by atoms with Gasteiger partial charge in [0, 0.05) is 17.5 Å². The van der Waals surface area contributed by atoms with Crippen LogP contribution in [0.15, 0.2) is 17.5 Å². The second-order valence-electron chi connectivity index (χ2n) is 5.81. The Labute approximate surface area is 136 Å². The number of thiophene rings is 1. The lowest BCUT2D eigenvalue weighted by atomic mass is 10.1. The molecule has 0 aliphatic heterocycles. The summed E-state index contributed by atoms with van der Waals surface area (Å²) in [6, 6.07) is 4.24. The van der Waals surface area contributed by atoms with Gasteiger partial charge in [-0.3, -0.25) is 9.59 Å². The van der Waals surface area contributed by atoms with Crippen LogP contribution in [-0.2, 0) is 20.7 Å². The molecule has 1 aliphatic rings. The van der Waals surface area contributed by atoms with Gasteiger partial charge in [-0.2, -0.15) is 0 Å². The van der Waals surface area contributed by atoms with Gasteiger partial charge in [0.15, 0.2) is 0 Å². The molecule has 22 heavy (non-hydrogen) atoms. The van der Waals surface area contributed by atoms with Crippen LogP contribution in [0.4, 0.5) is 0 Å². The Kier molecular flexibility index (Phi) is 6.90. The first-order valence-corrected chi connectivity index (χ1v) is 8.97. The van der Waals surface area contributed by atoms with Crippen molar-refractivity contribution < 1.29 is 14.3 Å². The fourth-order valence-electron chi connectivity index (χ4n) is 3.06. The summed E-state index contributed by atoms with van der Waals surface area (Å²) in [4.78, 5) is 27.2. The molecule has 0 saturated heterocycles. The Bertz CT molecular complexity index is 464. The highest BCUT2D eigenvalue weighted by Crippen LogP contribution is 2.23. The van der Waals surface area contributed by atoms with Gasteiger partial charge >= 0.3 is 5.97 Å². The number of nitrogens with zero attached hydrogens (tertiary/aromatic N) is 1. The molecule has 0 N–H and O–H groups in total. The van der Waals surface area contributed by atoms with E-state index in [1.165, 1.54) is 32.8 Å². The summed E-state index contributed by atoms with van der Waals surface area (Å²) in [7, 11) is 1.39. The van der Waals surface area contributed by atoms with Crippen LogP contribution in [0, 0.1) is 0 Å². The summed E-state index contributed by atoms with van der Waals surface area (Å²) in [5, 5.41) is 1.99. The molecular weight excluding hydrogens is 298 g/mol. The Morgan fingerprint density at radius 3 is 2.59 bits per heavy atom. The molecule has 1 saturated carbocycles. The molecule has 2 rings (SSSR count). The summed E-state index contributed by atoms with van der Waals surface area (Å²) in [6.45, 7) is 0.474. The standard InChI is InChI=1S/C17H25NO3S/c1-21-17(20)10-11-18(14-7-4-2-3-5-8-14)16(19)13-15-9-6-12-22-15/h6,9,12,14H,2-5,7-8,10-11,13H2,1H3. The van der Waals surface area contributed by atoms with Crippen molar-refractivity contribution in [2.75, 3.05) is 13.7 Å². The number of esters is 1. The first kappa shape index (κ1) is 17.0. The van der Waals surface area contributed by atoms with E-state index < -0.39 is 0 Å². The number of hydrogen-bond donors (Lipinski definition) is 0. The van der Waals surface area contributed by atoms with Gasteiger partial charge in [-0.1, -0.05) is 31.7 Å². The molecule has 1 fully saturated rings. The SMILES string of the molecule is COC(=O)CCN(C(=O)Cc1cccs1)C1CCCCCC1. The van der Waals surface area contributed by atoms with Crippen molar-refractivity contribution in [3.63, 3.8) is 0 Å². The van der Waals surface area contributed by atoms with E-state index in [-0.39, 0.29) is 24.3 Å². The smallest absolute Gasteiger partial charge is 0.307 e. The zero-order chi connectivity index (χ0) is 15.8. The molecule has 0 atom stereocenters. The Hall–Kier alpha value is -1.36. The van der Waals surface area contributed by atoms with Crippen molar-refractivity contribution in [2.45, 2.75) is 57.4 Å². The highest BCUT2D eigenvalue weighted by atomic mass is 32.1. The van der Waals surface area contributed by atoms with Gasteiger partial charge in [-0.15, -0.1) is 11.3 Å². The number of carbonyl (C=O) groups is 2. The number of methoxy groups -OCH3 is 1. The molecule has 122 valence electrons. The molecule has 0 spiro atoms. The molecule has 4 nitrogen and oxygen atoms in total. The normalized spacial score (nSPS) is 16.0. The number of rotatable bonds is 6. The van der Waals surface area contributed by atoms with E-state index in [1.807, 2.05) is 22.4 Å². The van der Waals surface area contributed by atoms with Crippen LogP contribution in [-0.4, -0.2) is 36.5 Å². The minimum absolute atomic E-state index is 0.137. The minimum Gasteiger partial charge on any atom is -0.469 e. The average molecular weight is 323 g/mol. The lowest BCUT2D eigenvalue weighted by Crippen LogP contribution is -2.42. The van der Waals surface area contributed by atoms with Crippen LogP contribution >= 0.6 is 11.3 Å². The zero-order valence-electron chi connectivity index (χ0n) is 13.3. The van der Waals surface area contributed by atoms with Crippen molar-refractivity contribution in [2.24, 2.45) is 0 Å². The van der Waals surface area contributed by atoms with E-state index in [2.05, 4.69) is 0 Å². The van der Waals surface area contributed by atoms with Crippen LogP contribution in [0.2, 0.25) is 0 Å². The third-order valence-corrected chi connectivity index (χ3v) is 5.15. The van der Waals surface area contributed by atoms with Crippen molar-refractivity contribution in [3.8, 4) is 0 Å². The van der Waals surface area contributed by atoms with E-state index in [9.17, 15) is 9.59 Å². The zero-order valence-corrected chi connectivity index (χ0v) is 14.1. The van der Waals surface area contributed by atoms with Gasteiger partial charge in [-0.25, -0.2) is 0 Å². The van der Waals surface area contributed by atoms with E-state index in [4.69, 9.17) is 4.74 Å². The van der Waals surface area contributed by atoms with Crippen LogP contribution in [0.25, 0.3) is 0 Å². The summed E-state index contributed by atoms with van der Waals surface area (Å²) in [6.07, 6.45) is 7.67. The summed E-state index contributed by atoms with van der Waals surface area (Å²) in [5.74, 6) is -0.110. The summed E-state index contributed by atoms with van der Waals surface area (Å²) < 4.78 is 4.72. The average Bonchev–Trinajstić information content (AvgIpc) is 2.88. The topological polar surface area (TPSA) is 46.6 Å². The number of ether oxygens (including phenoxy) is 1. The first-order chi connectivity index (χ1) is 10.7. The molecule has 0 radical (unpaired) electrons. The summed E-state index contributed by atoms with van der Waals surface area (Å²) >= 11 is 1.61. The van der Waals surface area contributed by atoms with E-state index >= 15 is 0 Å². The third kappa shape index (κ3) is 5.13. The molecular formula is C17H25NO3S. The maximum Gasteiger partial charge on any atom is 0.307 e. The molecule has 0 unspecified atom stereocenters. The minimum atomic E-state index is -0.248. The monoisotopic (exact) mass is 323 g/mol. The van der Waals surface area contributed by atoms with Gasteiger partial charge in [-0.05, 0) is 24.3 Å². The molecule has 1 aliphatic carbocycles. The Morgan fingerprint density at radius 2 is 2.00 bits per heavy atom. The van der Waals surface area contributed by atoms with E-state index in [1.54, 1.807) is 11.3 Å². The van der Waals surface area contributed by atoms with Crippen LogP contribution in [0.3, 0.4) is 0 Å². The second kappa shape index (κ2) is 8.93. The first-order valence-electron chi connectivity index (χ1n) is 8.09. The van der Waals surface area contributed by atoms with Gasteiger partial charge < -0.3 is 9.64 Å². The fourth-order valence-corrected chi connectivity index (χ4v) is 3.75. The Balaban J connectivity index is 2.01. The molecule has 1 amide bonds. The van der Waals surface area contributed by atoms with Crippen molar-refractivity contribution in [1.29, 1.82) is 0 Å². The Morgan fingerprint density at radius 1 is 1.27 bits per heavy atom. The molecule has 1 heterocycles. The molecule has 0 bridgehead atoms. The molecule has 1 aromatic heterocycles. The van der Waals surface area contributed by atoms with E-state index in [0.717, 1.165) is 17.7 Å². The summed E-state index contributed by atoms with van der Waals surface area (Å²) in [5.41, 5.74) is 0. The predicted molar refractivity (Wildman–Crippen MR) is 87.9 cm³/mol. The van der Waals surface area contributed by atoms with Crippen LogP contribution in [0.5, 0.6) is 0 Å². The lowest BCUT2D eigenvalue weighted by Gasteiger charge is -2.31. The van der Waals surface area contributed by atoms with Crippen molar-refractivity contribution in [1.82, 2.24) is 4.90 Å². The number of carbonyl (C=O) groups excluding carboxylic acids is 2. The molecule has 5 heteroatoms. The third-order valence-electron chi connectivity index (χ3n) is 4.28. The number of hydrogen-bond acceptors (Lipinski definition) is 4. The molecule has 1 aromatic rings. The second-order valence-corrected chi connectivity index (χ2v) is 6.85. The van der Waals surface area contributed by atoms with Crippen LogP contribution in [0.1, 0.15) is 49.8 Å². The highest BCUT2D eigenvalue weighted by molar-refractivity contribution is 7.10. The quantitative estimate of drug-likeness (QED) is 0.595.